The molecule has 6 heteroatoms. The number of fused-ring (bicyclic) bond motifs is 1. The second-order valence-corrected chi connectivity index (χ2v) is 5.51. The van der Waals surface area contributed by atoms with Gasteiger partial charge in [-0.2, -0.15) is 0 Å². The molecule has 1 fully saturated rings. The molecule has 21 heavy (non-hydrogen) atoms. The fourth-order valence-corrected chi connectivity index (χ4v) is 3.00. The summed E-state index contributed by atoms with van der Waals surface area (Å²) in [7, 11) is 0. The minimum absolute atomic E-state index is 0.103. The number of hydrogen-bond donors (Lipinski definition) is 2. The zero-order valence-corrected chi connectivity index (χ0v) is 11.7. The number of nitrogens with two attached hydrogens (primary N) is 1. The number of anilines is 1. The third-order valence-electron chi connectivity index (χ3n) is 4.15. The van der Waals surface area contributed by atoms with E-state index in [9.17, 15) is 10.1 Å². The Balaban J connectivity index is 1.99. The Morgan fingerprint density at radius 2 is 2.05 bits per heavy atom. The van der Waals surface area contributed by atoms with Gasteiger partial charge in [-0.1, -0.05) is 12.8 Å². The van der Waals surface area contributed by atoms with Crippen molar-refractivity contribution in [1.82, 2.24) is 4.98 Å². The molecule has 1 aliphatic carbocycles. The number of nitro benzene ring substituents is 1. The predicted octanol–water partition coefficient (Wildman–Crippen LogP) is 2.82. The highest BCUT2D eigenvalue weighted by Gasteiger charge is 2.23. The van der Waals surface area contributed by atoms with Gasteiger partial charge >= 0.3 is 0 Å². The molecule has 0 bridgehead atoms. The molecule has 3 N–H and O–H groups in total. The number of pyridine rings is 1. The summed E-state index contributed by atoms with van der Waals surface area (Å²) in [5.74, 6) is 0. The van der Waals surface area contributed by atoms with Gasteiger partial charge in [0.2, 0.25) is 0 Å². The lowest BCUT2D eigenvalue weighted by Crippen LogP contribution is -2.42. The van der Waals surface area contributed by atoms with Crippen molar-refractivity contribution in [2.45, 2.75) is 37.8 Å². The molecule has 0 unspecified atom stereocenters. The zero-order chi connectivity index (χ0) is 14.8. The van der Waals surface area contributed by atoms with Gasteiger partial charge in [-0.3, -0.25) is 15.1 Å². The average molecular weight is 286 g/mol. The average Bonchev–Trinajstić information content (AvgIpc) is 2.49. The van der Waals surface area contributed by atoms with Gasteiger partial charge in [0, 0.05) is 41.6 Å². The second-order valence-electron chi connectivity index (χ2n) is 5.51. The van der Waals surface area contributed by atoms with Crippen LogP contribution in [0.5, 0.6) is 0 Å². The van der Waals surface area contributed by atoms with E-state index < -0.39 is 0 Å². The van der Waals surface area contributed by atoms with Crippen molar-refractivity contribution < 1.29 is 4.92 Å². The minimum Gasteiger partial charge on any atom is -0.380 e. The van der Waals surface area contributed by atoms with Gasteiger partial charge < -0.3 is 11.1 Å². The van der Waals surface area contributed by atoms with Crippen molar-refractivity contribution in [3.63, 3.8) is 0 Å². The van der Waals surface area contributed by atoms with Crippen molar-refractivity contribution in [3.05, 3.63) is 40.7 Å². The minimum atomic E-state index is -0.363. The SMILES string of the molecule is N[C@@H]1CCCC[C@H]1Nc1ccc([N+](=O)[O-])c2ccncc12. The van der Waals surface area contributed by atoms with Crippen LogP contribution in [0.1, 0.15) is 25.7 Å². The molecule has 6 nitrogen and oxygen atoms in total. The number of hydrogen-bond acceptors (Lipinski definition) is 5. The number of rotatable bonds is 3. The van der Waals surface area contributed by atoms with E-state index in [1.165, 1.54) is 6.42 Å². The van der Waals surface area contributed by atoms with E-state index in [0.29, 0.717) is 5.39 Å². The number of nitrogens with zero attached hydrogens (tertiary/aromatic N) is 2. The molecule has 1 aromatic carbocycles. The van der Waals surface area contributed by atoms with Crippen LogP contribution in [-0.2, 0) is 0 Å². The van der Waals surface area contributed by atoms with Gasteiger partial charge in [0.1, 0.15) is 0 Å². The van der Waals surface area contributed by atoms with Gasteiger partial charge in [0.05, 0.1) is 10.3 Å². The molecule has 1 heterocycles. The molecular formula is C15H18N4O2. The van der Waals surface area contributed by atoms with E-state index in [1.807, 2.05) is 0 Å². The summed E-state index contributed by atoms with van der Waals surface area (Å²) in [6, 6.07) is 5.31. The Hall–Kier alpha value is -2.21. The molecule has 0 saturated heterocycles. The first kappa shape index (κ1) is 13.8. The first-order chi connectivity index (χ1) is 10.2. The lowest BCUT2D eigenvalue weighted by atomic mass is 9.90. The summed E-state index contributed by atoms with van der Waals surface area (Å²) in [5.41, 5.74) is 7.13. The quantitative estimate of drug-likeness (QED) is 0.668. The van der Waals surface area contributed by atoms with Gasteiger partial charge in [-0.05, 0) is 25.0 Å². The van der Waals surface area contributed by atoms with Gasteiger partial charge in [0.15, 0.2) is 0 Å². The lowest BCUT2D eigenvalue weighted by molar-refractivity contribution is -0.383. The number of benzene rings is 1. The summed E-state index contributed by atoms with van der Waals surface area (Å²) in [5, 5.41) is 15.9. The van der Waals surface area contributed by atoms with Crippen LogP contribution in [0.3, 0.4) is 0 Å². The maximum absolute atomic E-state index is 11.1. The zero-order valence-electron chi connectivity index (χ0n) is 11.7. The van der Waals surface area contributed by atoms with Crippen molar-refractivity contribution in [3.8, 4) is 0 Å². The van der Waals surface area contributed by atoms with Crippen molar-refractivity contribution in [2.24, 2.45) is 5.73 Å². The highest BCUT2D eigenvalue weighted by molar-refractivity contribution is 5.99. The van der Waals surface area contributed by atoms with Crippen LogP contribution in [0.15, 0.2) is 30.6 Å². The first-order valence-corrected chi connectivity index (χ1v) is 7.20. The van der Waals surface area contributed by atoms with E-state index in [1.54, 1.807) is 30.6 Å². The third-order valence-corrected chi connectivity index (χ3v) is 4.15. The van der Waals surface area contributed by atoms with E-state index in [4.69, 9.17) is 5.73 Å². The number of non-ortho nitro benzene ring substituents is 1. The highest BCUT2D eigenvalue weighted by atomic mass is 16.6. The summed E-state index contributed by atoms with van der Waals surface area (Å²) >= 11 is 0. The maximum Gasteiger partial charge on any atom is 0.277 e. The van der Waals surface area contributed by atoms with Gasteiger partial charge in [-0.15, -0.1) is 0 Å². The molecule has 0 aliphatic heterocycles. The topological polar surface area (TPSA) is 94.1 Å². The van der Waals surface area contributed by atoms with Crippen LogP contribution in [0.4, 0.5) is 11.4 Å². The molecule has 0 radical (unpaired) electrons. The summed E-state index contributed by atoms with van der Waals surface area (Å²) in [6.07, 6.45) is 7.61. The first-order valence-electron chi connectivity index (χ1n) is 7.20. The second kappa shape index (κ2) is 5.65. The molecule has 2 aromatic rings. The van der Waals surface area contributed by atoms with E-state index >= 15 is 0 Å². The Morgan fingerprint density at radius 3 is 2.81 bits per heavy atom. The van der Waals surface area contributed by atoms with E-state index in [0.717, 1.165) is 30.3 Å². The monoisotopic (exact) mass is 286 g/mol. The van der Waals surface area contributed by atoms with Crippen LogP contribution < -0.4 is 11.1 Å². The normalized spacial score (nSPS) is 22.1. The van der Waals surface area contributed by atoms with Gasteiger partial charge in [-0.25, -0.2) is 0 Å². The lowest BCUT2D eigenvalue weighted by Gasteiger charge is -2.30. The largest absolute Gasteiger partial charge is 0.380 e. The highest BCUT2D eigenvalue weighted by Crippen LogP contribution is 2.32. The van der Waals surface area contributed by atoms with Crippen LogP contribution in [0.2, 0.25) is 0 Å². The third kappa shape index (κ3) is 2.67. The van der Waals surface area contributed by atoms with Crippen molar-refractivity contribution >= 4 is 22.1 Å². The summed E-state index contributed by atoms with van der Waals surface area (Å²) in [4.78, 5) is 14.8. The summed E-state index contributed by atoms with van der Waals surface area (Å²) < 4.78 is 0. The van der Waals surface area contributed by atoms with Crippen LogP contribution in [0, 0.1) is 10.1 Å². The number of nitro groups is 1. The van der Waals surface area contributed by atoms with Gasteiger partial charge in [0.25, 0.3) is 5.69 Å². The summed E-state index contributed by atoms with van der Waals surface area (Å²) in [6.45, 7) is 0. The molecule has 0 amide bonds. The fourth-order valence-electron chi connectivity index (χ4n) is 3.00. The molecule has 3 rings (SSSR count). The molecule has 110 valence electrons. The van der Waals surface area contributed by atoms with Crippen molar-refractivity contribution in [1.29, 1.82) is 0 Å². The Morgan fingerprint density at radius 1 is 1.24 bits per heavy atom. The smallest absolute Gasteiger partial charge is 0.277 e. The Labute approximate surface area is 122 Å². The molecular weight excluding hydrogens is 268 g/mol. The van der Waals surface area contributed by atoms with E-state index in [2.05, 4.69) is 10.3 Å². The molecule has 2 atom stereocenters. The molecule has 1 aliphatic rings. The van der Waals surface area contributed by atoms with Crippen LogP contribution in [0.25, 0.3) is 10.8 Å². The van der Waals surface area contributed by atoms with Crippen LogP contribution in [-0.4, -0.2) is 22.0 Å². The number of aromatic nitrogens is 1. The molecule has 1 saturated carbocycles. The predicted molar refractivity (Wildman–Crippen MR) is 82.3 cm³/mol. The number of nitrogens with one attached hydrogen (secondary N) is 1. The Kier molecular flexibility index (Phi) is 3.70. The van der Waals surface area contributed by atoms with Crippen LogP contribution >= 0.6 is 0 Å². The molecule has 1 aromatic heterocycles. The maximum atomic E-state index is 11.1. The van der Waals surface area contributed by atoms with Crippen molar-refractivity contribution in [2.75, 3.05) is 5.32 Å². The standard InChI is InChI=1S/C15H18N4O2/c16-12-3-1-2-4-14(12)18-13-5-6-15(19(20)21)10-7-8-17-9-11(10)13/h5-9,12,14,18H,1-4,16H2/t12-,14-/m1/s1. The fraction of sp³-hybridized carbons (Fsp3) is 0.400. The van der Waals surface area contributed by atoms with E-state index in [-0.39, 0.29) is 22.7 Å². The molecule has 0 spiro atoms. The Bertz CT molecular complexity index is 674.